The van der Waals surface area contributed by atoms with Crippen LogP contribution in [0.2, 0.25) is 0 Å². The molecule has 0 fully saturated rings. The largest absolute Gasteiger partial charge is 0.268 e. The maximum Gasteiger partial charge on any atom is 0.263 e. The van der Waals surface area contributed by atoms with Gasteiger partial charge in [-0.05, 0) is 12.2 Å². The summed E-state index contributed by atoms with van der Waals surface area (Å²) in [6.07, 6.45) is 3.98. The third-order valence-electron chi connectivity index (χ3n) is 0.540. The Morgan fingerprint density at radius 1 is 1.56 bits per heavy atom. The van der Waals surface area contributed by atoms with E-state index >= 15 is 0 Å². The average molecular weight is 124 g/mol. The molecule has 1 amide bonds. The van der Waals surface area contributed by atoms with Crippen LogP contribution in [0.1, 0.15) is 0 Å². The second-order valence-electron chi connectivity index (χ2n) is 1.19. The predicted molar refractivity (Wildman–Crippen MR) is 37.0 cm³/mol. The number of allylic oxidation sites excluding steroid dienone is 1. The highest BCUT2D eigenvalue weighted by molar-refractivity contribution is 5.87. The molecule has 0 aromatic carbocycles. The summed E-state index contributed by atoms with van der Waals surface area (Å²) >= 11 is 0. The SMILES string of the molecule is C=C/C=N\NC(=O)C=C. The molecule has 0 radical (unpaired) electrons. The summed E-state index contributed by atoms with van der Waals surface area (Å²) in [7, 11) is 0. The van der Waals surface area contributed by atoms with E-state index in [9.17, 15) is 4.79 Å². The quantitative estimate of drug-likeness (QED) is 0.331. The van der Waals surface area contributed by atoms with Crippen molar-refractivity contribution in [2.45, 2.75) is 0 Å². The minimum atomic E-state index is -0.326. The molecule has 0 saturated heterocycles. The number of carbonyl (C=O) groups excluding carboxylic acids is 1. The maximum atomic E-state index is 10.3. The summed E-state index contributed by atoms with van der Waals surface area (Å²) in [5.74, 6) is -0.326. The standard InChI is InChI=1S/C6H8N2O/c1-3-5-7-8-6(9)4-2/h3-5H,1-2H2,(H,8,9)/b7-5-. The molecule has 9 heavy (non-hydrogen) atoms. The minimum Gasteiger partial charge on any atom is -0.268 e. The Balaban J connectivity index is 3.49. The van der Waals surface area contributed by atoms with Crippen molar-refractivity contribution in [3.63, 3.8) is 0 Å². The van der Waals surface area contributed by atoms with Gasteiger partial charge in [-0.2, -0.15) is 5.10 Å². The van der Waals surface area contributed by atoms with Crippen LogP contribution >= 0.6 is 0 Å². The van der Waals surface area contributed by atoms with E-state index in [0.29, 0.717) is 0 Å². The Morgan fingerprint density at radius 2 is 2.22 bits per heavy atom. The number of nitrogens with zero attached hydrogens (tertiary/aromatic N) is 1. The third-order valence-corrected chi connectivity index (χ3v) is 0.540. The molecule has 0 heterocycles. The smallest absolute Gasteiger partial charge is 0.263 e. The number of hydrogen-bond acceptors (Lipinski definition) is 2. The molecule has 0 saturated carbocycles. The van der Waals surface area contributed by atoms with Gasteiger partial charge in [0.15, 0.2) is 0 Å². The van der Waals surface area contributed by atoms with E-state index in [4.69, 9.17) is 0 Å². The van der Waals surface area contributed by atoms with Gasteiger partial charge in [-0.3, -0.25) is 4.79 Å². The molecule has 1 N–H and O–H groups in total. The van der Waals surface area contributed by atoms with Crippen LogP contribution in [-0.4, -0.2) is 12.1 Å². The van der Waals surface area contributed by atoms with Crippen LogP contribution < -0.4 is 5.43 Å². The highest BCUT2D eigenvalue weighted by Crippen LogP contribution is 1.64. The summed E-state index contributed by atoms with van der Waals surface area (Å²) in [5, 5.41) is 3.45. The zero-order chi connectivity index (χ0) is 7.11. The lowest BCUT2D eigenvalue weighted by atomic mass is 10.6. The van der Waals surface area contributed by atoms with Gasteiger partial charge >= 0.3 is 0 Å². The van der Waals surface area contributed by atoms with E-state index < -0.39 is 0 Å². The van der Waals surface area contributed by atoms with Crippen LogP contribution in [-0.2, 0) is 4.79 Å². The van der Waals surface area contributed by atoms with Crippen molar-refractivity contribution < 1.29 is 4.79 Å². The van der Waals surface area contributed by atoms with Crippen LogP contribution in [0.15, 0.2) is 30.4 Å². The molecule has 0 aromatic rings. The molecular weight excluding hydrogens is 116 g/mol. The first-order chi connectivity index (χ1) is 4.31. The average Bonchev–Trinajstić information content (AvgIpc) is 1.89. The molecule has 3 heteroatoms. The number of hydrazone groups is 1. The van der Waals surface area contributed by atoms with Crippen molar-refractivity contribution in [3.8, 4) is 0 Å². The molecule has 3 nitrogen and oxygen atoms in total. The third kappa shape index (κ3) is 4.47. The van der Waals surface area contributed by atoms with Gasteiger partial charge in [-0.25, -0.2) is 5.43 Å². The van der Waals surface area contributed by atoms with E-state index in [-0.39, 0.29) is 5.91 Å². The Hall–Kier alpha value is -1.38. The van der Waals surface area contributed by atoms with Crippen molar-refractivity contribution in [2.24, 2.45) is 5.10 Å². The van der Waals surface area contributed by atoms with E-state index in [1.807, 2.05) is 0 Å². The van der Waals surface area contributed by atoms with Crippen molar-refractivity contribution in [3.05, 3.63) is 25.3 Å². The second-order valence-corrected chi connectivity index (χ2v) is 1.19. The lowest BCUT2D eigenvalue weighted by molar-refractivity contribution is -0.116. The molecule has 0 unspecified atom stereocenters. The number of amides is 1. The number of nitrogens with one attached hydrogen (secondary N) is 1. The van der Waals surface area contributed by atoms with E-state index in [2.05, 4.69) is 23.7 Å². The maximum absolute atomic E-state index is 10.3. The molecule has 0 atom stereocenters. The summed E-state index contributed by atoms with van der Waals surface area (Å²) in [6.45, 7) is 6.58. The highest BCUT2D eigenvalue weighted by atomic mass is 16.2. The van der Waals surface area contributed by atoms with E-state index in [1.54, 1.807) is 0 Å². The van der Waals surface area contributed by atoms with Gasteiger partial charge in [0, 0.05) is 6.21 Å². The summed E-state index contributed by atoms with van der Waals surface area (Å²) < 4.78 is 0. The number of hydrogen-bond donors (Lipinski definition) is 1. The van der Waals surface area contributed by atoms with Gasteiger partial charge in [0.25, 0.3) is 5.91 Å². The molecular formula is C6H8N2O. The number of carbonyl (C=O) groups is 1. The van der Waals surface area contributed by atoms with Crippen molar-refractivity contribution in [2.75, 3.05) is 0 Å². The second kappa shape index (κ2) is 4.77. The first-order valence-electron chi connectivity index (χ1n) is 2.37. The molecule has 0 aliphatic carbocycles. The molecule has 0 rings (SSSR count). The zero-order valence-electron chi connectivity index (χ0n) is 5.00. The molecule has 0 bridgehead atoms. The molecule has 0 spiro atoms. The van der Waals surface area contributed by atoms with Crippen molar-refractivity contribution in [1.82, 2.24) is 5.43 Å². The summed E-state index contributed by atoms with van der Waals surface area (Å²) in [6, 6.07) is 0. The van der Waals surface area contributed by atoms with Crippen LogP contribution in [0.25, 0.3) is 0 Å². The van der Waals surface area contributed by atoms with Crippen LogP contribution in [0, 0.1) is 0 Å². The fraction of sp³-hybridized carbons (Fsp3) is 0. The van der Waals surface area contributed by atoms with Crippen molar-refractivity contribution >= 4 is 12.1 Å². The lowest BCUT2D eigenvalue weighted by Crippen LogP contribution is -2.12. The van der Waals surface area contributed by atoms with Gasteiger partial charge in [-0.1, -0.05) is 13.2 Å². The first-order valence-corrected chi connectivity index (χ1v) is 2.37. The van der Waals surface area contributed by atoms with E-state index in [0.717, 1.165) is 6.08 Å². The minimum absolute atomic E-state index is 0.326. The van der Waals surface area contributed by atoms with Gasteiger partial charge < -0.3 is 0 Å². The fourth-order valence-corrected chi connectivity index (χ4v) is 0.199. The van der Waals surface area contributed by atoms with Crippen LogP contribution in [0.4, 0.5) is 0 Å². The Bertz CT molecular complexity index is 149. The molecule has 48 valence electrons. The fourth-order valence-electron chi connectivity index (χ4n) is 0.199. The van der Waals surface area contributed by atoms with Gasteiger partial charge in [0.1, 0.15) is 0 Å². The Kier molecular flexibility index (Phi) is 4.04. The predicted octanol–water partition coefficient (Wildman–Crippen LogP) is 0.460. The topological polar surface area (TPSA) is 41.5 Å². The number of rotatable bonds is 3. The van der Waals surface area contributed by atoms with Crippen LogP contribution in [0.3, 0.4) is 0 Å². The van der Waals surface area contributed by atoms with Gasteiger partial charge in [0.2, 0.25) is 0 Å². The van der Waals surface area contributed by atoms with E-state index in [1.165, 1.54) is 12.3 Å². The monoisotopic (exact) mass is 124 g/mol. The highest BCUT2D eigenvalue weighted by Gasteiger charge is 1.83. The molecule has 0 aliphatic rings. The van der Waals surface area contributed by atoms with Gasteiger partial charge in [0.05, 0.1) is 0 Å². The summed E-state index contributed by atoms with van der Waals surface area (Å²) in [4.78, 5) is 10.3. The normalized spacial score (nSPS) is 8.89. The zero-order valence-corrected chi connectivity index (χ0v) is 5.00. The van der Waals surface area contributed by atoms with Crippen LogP contribution in [0.5, 0.6) is 0 Å². The van der Waals surface area contributed by atoms with Gasteiger partial charge in [-0.15, -0.1) is 0 Å². The molecule has 0 aliphatic heterocycles. The van der Waals surface area contributed by atoms with Crippen molar-refractivity contribution in [1.29, 1.82) is 0 Å². The Morgan fingerprint density at radius 3 is 2.67 bits per heavy atom. The summed E-state index contributed by atoms with van der Waals surface area (Å²) in [5.41, 5.74) is 2.17. The molecule has 0 aromatic heterocycles. The first kappa shape index (κ1) is 7.62. The lowest BCUT2D eigenvalue weighted by Gasteiger charge is -1.86. The Labute approximate surface area is 53.8 Å².